The van der Waals surface area contributed by atoms with Crippen molar-refractivity contribution < 1.29 is 14.3 Å². The molecule has 0 unspecified atom stereocenters. The summed E-state index contributed by atoms with van der Waals surface area (Å²) >= 11 is 0. The summed E-state index contributed by atoms with van der Waals surface area (Å²) in [5, 5.41) is 2.93. The molecule has 0 atom stereocenters. The molecule has 108 valence electrons. The number of ketones is 1. The quantitative estimate of drug-likeness (QED) is 0.502. The van der Waals surface area contributed by atoms with Crippen LogP contribution in [-0.2, 0) is 4.74 Å². The fourth-order valence-electron chi connectivity index (χ4n) is 1.67. The van der Waals surface area contributed by atoms with Crippen LogP contribution in [0.4, 0.5) is 5.82 Å². The normalized spacial score (nSPS) is 10.9. The first-order valence-electron chi connectivity index (χ1n) is 6.35. The molecule has 0 amide bonds. The molecule has 0 saturated heterocycles. The van der Waals surface area contributed by atoms with Gasteiger partial charge in [0.1, 0.15) is 11.6 Å². The molecule has 0 spiro atoms. The van der Waals surface area contributed by atoms with E-state index in [2.05, 4.69) is 10.3 Å². The first-order valence-corrected chi connectivity index (χ1v) is 6.35. The van der Waals surface area contributed by atoms with Crippen molar-refractivity contribution in [2.75, 3.05) is 19.5 Å². The Labute approximate surface area is 123 Å². The summed E-state index contributed by atoms with van der Waals surface area (Å²) in [6.07, 6.45) is 3.04. The molecule has 5 heteroatoms. The minimum absolute atomic E-state index is 0.169. The van der Waals surface area contributed by atoms with Gasteiger partial charge >= 0.3 is 0 Å². The number of hydrogen-bond donors (Lipinski definition) is 1. The molecule has 1 aromatic heterocycles. The van der Waals surface area contributed by atoms with Gasteiger partial charge in [0.15, 0.2) is 11.7 Å². The van der Waals surface area contributed by atoms with Gasteiger partial charge in [-0.2, -0.15) is 0 Å². The standard InChI is InChI=1S/C16H16N2O3/c1-20-13-8-6-12(7-9-13)14(19)11-16(21-2)18-15-5-3-4-10-17-15/h3-11H,1-2H3,(H,17,18)/b16-11+. The molecule has 1 N–H and O–H groups in total. The van der Waals surface area contributed by atoms with E-state index in [9.17, 15) is 4.79 Å². The van der Waals surface area contributed by atoms with E-state index in [1.165, 1.54) is 13.2 Å². The topological polar surface area (TPSA) is 60.5 Å². The molecule has 0 bridgehead atoms. The van der Waals surface area contributed by atoms with Crippen molar-refractivity contribution in [1.29, 1.82) is 0 Å². The van der Waals surface area contributed by atoms with Gasteiger partial charge in [-0.05, 0) is 36.4 Å². The van der Waals surface area contributed by atoms with Crippen LogP contribution in [0, 0.1) is 0 Å². The maximum Gasteiger partial charge on any atom is 0.195 e. The van der Waals surface area contributed by atoms with Gasteiger partial charge in [-0.25, -0.2) is 4.98 Å². The Bertz CT molecular complexity index is 622. The average molecular weight is 284 g/mol. The van der Waals surface area contributed by atoms with Crippen LogP contribution in [0.25, 0.3) is 0 Å². The second-order valence-electron chi connectivity index (χ2n) is 4.15. The molecular weight excluding hydrogens is 268 g/mol. The highest BCUT2D eigenvalue weighted by atomic mass is 16.5. The fourth-order valence-corrected chi connectivity index (χ4v) is 1.67. The molecule has 0 saturated carbocycles. The highest BCUT2D eigenvalue weighted by molar-refractivity contribution is 6.05. The number of aromatic nitrogens is 1. The van der Waals surface area contributed by atoms with Crippen LogP contribution in [0.5, 0.6) is 5.75 Å². The van der Waals surface area contributed by atoms with Crippen LogP contribution in [0.1, 0.15) is 10.4 Å². The molecule has 5 nitrogen and oxygen atoms in total. The molecule has 21 heavy (non-hydrogen) atoms. The van der Waals surface area contributed by atoms with Crippen LogP contribution in [0.15, 0.2) is 60.6 Å². The number of ether oxygens (including phenoxy) is 2. The Hall–Kier alpha value is -2.82. The molecule has 2 rings (SSSR count). The molecule has 1 heterocycles. The first kappa shape index (κ1) is 14.6. The molecule has 0 aliphatic carbocycles. The second kappa shape index (κ2) is 7.09. The summed E-state index contributed by atoms with van der Waals surface area (Å²) in [4.78, 5) is 16.3. The zero-order valence-electron chi connectivity index (χ0n) is 11.9. The maximum atomic E-state index is 12.1. The van der Waals surface area contributed by atoms with Gasteiger partial charge in [-0.3, -0.25) is 4.79 Å². The smallest absolute Gasteiger partial charge is 0.195 e. The number of rotatable bonds is 6. The van der Waals surface area contributed by atoms with E-state index < -0.39 is 0 Å². The highest BCUT2D eigenvalue weighted by Crippen LogP contribution is 2.13. The Kier molecular flexibility index (Phi) is 4.93. The number of nitrogens with zero attached hydrogens (tertiary/aromatic N) is 1. The summed E-state index contributed by atoms with van der Waals surface area (Å²) < 4.78 is 10.2. The number of anilines is 1. The van der Waals surface area contributed by atoms with E-state index in [1.807, 2.05) is 12.1 Å². The van der Waals surface area contributed by atoms with E-state index in [0.29, 0.717) is 23.0 Å². The van der Waals surface area contributed by atoms with E-state index in [1.54, 1.807) is 43.6 Å². The van der Waals surface area contributed by atoms with E-state index in [4.69, 9.17) is 9.47 Å². The lowest BCUT2D eigenvalue weighted by atomic mass is 10.1. The lowest BCUT2D eigenvalue weighted by Gasteiger charge is -2.08. The van der Waals surface area contributed by atoms with E-state index in [0.717, 1.165) is 0 Å². The highest BCUT2D eigenvalue weighted by Gasteiger charge is 2.06. The van der Waals surface area contributed by atoms with Crippen LogP contribution in [0.2, 0.25) is 0 Å². The van der Waals surface area contributed by atoms with E-state index in [-0.39, 0.29) is 5.78 Å². The van der Waals surface area contributed by atoms with Crippen molar-refractivity contribution in [3.8, 4) is 5.75 Å². The predicted octanol–water partition coefficient (Wildman–Crippen LogP) is 2.87. The minimum atomic E-state index is -0.169. The number of hydrogen-bond acceptors (Lipinski definition) is 5. The van der Waals surface area contributed by atoms with Gasteiger partial charge in [0.25, 0.3) is 0 Å². The zero-order valence-corrected chi connectivity index (χ0v) is 11.9. The van der Waals surface area contributed by atoms with Crippen LogP contribution in [0.3, 0.4) is 0 Å². The summed E-state index contributed by atoms with van der Waals surface area (Å²) in [6.45, 7) is 0. The molecule has 0 aliphatic heterocycles. The third kappa shape index (κ3) is 4.07. The number of carbonyl (C=O) groups excluding carboxylic acids is 1. The number of nitrogens with one attached hydrogen (secondary N) is 1. The van der Waals surface area contributed by atoms with Crippen molar-refractivity contribution in [2.45, 2.75) is 0 Å². The predicted molar refractivity (Wildman–Crippen MR) is 80.3 cm³/mol. The zero-order chi connectivity index (χ0) is 15.1. The van der Waals surface area contributed by atoms with Gasteiger partial charge in [0.2, 0.25) is 0 Å². The number of benzene rings is 1. The third-order valence-corrected chi connectivity index (χ3v) is 2.77. The van der Waals surface area contributed by atoms with Gasteiger partial charge in [0, 0.05) is 17.8 Å². The molecule has 1 aromatic carbocycles. The van der Waals surface area contributed by atoms with Crippen LogP contribution in [-0.4, -0.2) is 25.0 Å². The molecule has 2 aromatic rings. The maximum absolute atomic E-state index is 12.1. The average Bonchev–Trinajstić information content (AvgIpc) is 2.55. The largest absolute Gasteiger partial charge is 0.497 e. The molecule has 0 radical (unpaired) electrons. The number of methoxy groups -OCH3 is 2. The minimum Gasteiger partial charge on any atom is -0.497 e. The number of pyridine rings is 1. The summed E-state index contributed by atoms with van der Waals surface area (Å²) in [5.41, 5.74) is 0.549. The molecule has 0 fully saturated rings. The number of carbonyl (C=O) groups is 1. The van der Waals surface area contributed by atoms with Crippen molar-refractivity contribution >= 4 is 11.6 Å². The molecular formula is C16H16N2O3. The van der Waals surface area contributed by atoms with Gasteiger partial charge in [0.05, 0.1) is 14.2 Å². The third-order valence-electron chi connectivity index (χ3n) is 2.77. The van der Waals surface area contributed by atoms with Crippen LogP contribution >= 0.6 is 0 Å². The van der Waals surface area contributed by atoms with Gasteiger partial charge in [-0.15, -0.1) is 0 Å². The lowest BCUT2D eigenvalue weighted by molar-refractivity contribution is 0.104. The number of allylic oxidation sites excluding steroid dienone is 1. The second-order valence-corrected chi connectivity index (χ2v) is 4.15. The monoisotopic (exact) mass is 284 g/mol. The Balaban J connectivity index is 2.12. The Morgan fingerprint density at radius 2 is 1.90 bits per heavy atom. The summed E-state index contributed by atoms with van der Waals surface area (Å²) in [7, 11) is 3.07. The van der Waals surface area contributed by atoms with Gasteiger partial charge < -0.3 is 14.8 Å². The van der Waals surface area contributed by atoms with E-state index >= 15 is 0 Å². The van der Waals surface area contributed by atoms with Gasteiger partial charge in [-0.1, -0.05) is 6.07 Å². The summed E-state index contributed by atoms with van der Waals surface area (Å²) in [5.74, 6) is 1.47. The fraction of sp³-hybridized carbons (Fsp3) is 0.125. The van der Waals surface area contributed by atoms with Crippen LogP contribution < -0.4 is 10.1 Å². The van der Waals surface area contributed by atoms with Crippen molar-refractivity contribution in [3.63, 3.8) is 0 Å². The Morgan fingerprint density at radius 1 is 1.14 bits per heavy atom. The first-order chi connectivity index (χ1) is 10.2. The molecule has 0 aliphatic rings. The van der Waals surface area contributed by atoms with Crippen molar-refractivity contribution in [1.82, 2.24) is 4.98 Å². The SMILES string of the molecule is CO/C(=C/C(=O)c1ccc(OC)cc1)Nc1ccccn1. The summed E-state index contributed by atoms with van der Waals surface area (Å²) in [6, 6.07) is 12.3. The van der Waals surface area contributed by atoms with Crippen molar-refractivity contribution in [3.05, 3.63) is 66.2 Å². The van der Waals surface area contributed by atoms with Crippen molar-refractivity contribution in [2.24, 2.45) is 0 Å². The Morgan fingerprint density at radius 3 is 2.48 bits per heavy atom. The lowest BCUT2D eigenvalue weighted by Crippen LogP contribution is -2.06.